The predicted octanol–water partition coefficient (Wildman–Crippen LogP) is 4.64. The number of hydrogen-bond acceptors (Lipinski definition) is 5. The molecule has 1 amide bonds. The van der Waals surface area contributed by atoms with E-state index in [-0.39, 0.29) is 11.3 Å². The van der Waals surface area contributed by atoms with Gasteiger partial charge in [0.1, 0.15) is 17.0 Å². The monoisotopic (exact) mass is 384 g/mol. The number of amides is 1. The number of carbonyl (C=O) groups excluding carboxylic acids is 1. The lowest BCUT2D eigenvalue weighted by Gasteiger charge is -2.39. The van der Waals surface area contributed by atoms with Gasteiger partial charge in [0.05, 0.1) is 10.3 Å². The molecule has 2 aromatic rings. The Hall–Kier alpha value is -1.95. The van der Waals surface area contributed by atoms with Crippen molar-refractivity contribution in [3.05, 3.63) is 29.4 Å². The summed E-state index contributed by atoms with van der Waals surface area (Å²) >= 11 is 1.49. The van der Waals surface area contributed by atoms with Crippen LogP contribution in [-0.2, 0) is 0 Å². The fourth-order valence-corrected chi connectivity index (χ4v) is 6.51. The second kappa shape index (κ2) is 6.30. The van der Waals surface area contributed by atoms with Crippen molar-refractivity contribution in [2.75, 3.05) is 18.4 Å². The molecular formula is C21H28N4OS. The molecule has 1 saturated heterocycles. The number of aryl methyl sites for hydroxylation is 1. The molecule has 0 aromatic carbocycles. The zero-order valence-corrected chi connectivity index (χ0v) is 17.4. The Kier molecular flexibility index (Phi) is 4.29. The van der Waals surface area contributed by atoms with Crippen LogP contribution < -0.4 is 5.32 Å². The Morgan fingerprint density at radius 3 is 2.93 bits per heavy atom. The van der Waals surface area contributed by atoms with Crippen molar-refractivity contribution >= 4 is 33.3 Å². The standard InChI is InChI=1S/C21H28N4OS/c1-6-7-22-17-15-13(2)16(27-18(15)24-12-23-17)19(26)25-11-21(5)9-14(25)8-20(3,4)10-21/h6,12,14H,1,7-11H2,2-5H3,(H,22,23,24)/t14-,21-/m1/s1. The molecule has 0 unspecified atom stereocenters. The van der Waals surface area contributed by atoms with E-state index in [0.717, 1.165) is 45.9 Å². The molecule has 144 valence electrons. The van der Waals surface area contributed by atoms with Gasteiger partial charge in [-0.2, -0.15) is 0 Å². The van der Waals surface area contributed by atoms with E-state index in [4.69, 9.17) is 0 Å². The van der Waals surface area contributed by atoms with E-state index in [9.17, 15) is 4.79 Å². The Morgan fingerprint density at radius 1 is 1.41 bits per heavy atom. The van der Waals surface area contributed by atoms with Crippen LogP contribution in [0.1, 0.15) is 55.3 Å². The number of nitrogens with one attached hydrogen (secondary N) is 1. The van der Waals surface area contributed by atoms with Gasteiger partial charge >= 0.3 is 0 Å². The quantitative estimate of drug-likeness (QED) is 0.780. The van der Waals surface area contributed by atoms with Crippen molar-refractivity contribution in [3.8, 4) is 0 Å². The Balaban J connectivity index is 1.70. The molecule has 1 aliphatic heterocycles. The van der Waals surface area contributed by atoms with Gasteiger partial charge in [0.15, 0.2) is 0 Å². The highest BCUT2D eigenvalue weighted by atomic mass is 32.1. The van der Waals surface area contributed by atoms with Crippen LogP contribution in [0.25, 0.3) is 10.2 Å². The number of likely N-dealkylation sites (tertiary alicyclic amines) is 1. The molecule has 1 aliphatic carbocycles. The molecular weight excluding hydrogens is 356 g/mol. The maximum Gasteiger partial charge on any atom is 0.264 e. The summed E-state index contributed by atoms with van der Waals surface area (Å²) in [5.41, 5.74) is 1.52. The summed E-state index contributed by atoms with van der Waals surface area (Å²) in [4.78, 5) is 26.1. The summed E-state index contributed by atoms with van der Waals surface area (Å²) in [5.74, 6) is 0.942. The number of rotatable bonds is 4. The topological polar surface area (TPSA) is 58.1 Å². The number of aromatic nitrogens is 2. The fourth-order valence-electron chi connectivity index (χ4n) is 5.41. The summed E-state index contributed by atoms with van der Waals surface area (Å²) in [6, 6.07) is 0.348. The molecule has 0 radical (unpaired) electrons. The number of anilines is 1. The second-order valence-electron chi connectivity index (χ2n) is 9.27. The van der Waals surface area contributed by atoms with Crippen LogP contribution in [0.15, 0.2) is 19.0 Å². The maximum absolute atomic E-state index is 13.5. The third-order valence-corrected chi connectivity index (χ3v) is 7.20. The van der Waals surface area contributed by atoms with Crippen molar-refractivity contribution < 1.29 is 4.79 Å². The molecule has 6 heteroatoms. The lowest BCUT2D eigenvalue weighted by Crippen LogP contribution is -2.37. The molecule has 2 atom stereocenters. The van der Waals surface area contributed by atoms with Crippen LogP contribution in [0.5, 0.6) is 0 Å². The normalized spacial score (nSPS) is 26.4. The minimum absolute atomic E-state index is 0.164. The van der Waals surface area contributed by atoms with Crippen LogP contribution in [-0.4, -0.2) is 39.9 Å². The van der Waals surface area contributed by atoms with Gasteiger partial charge in [-0.05, 0) is 42.6 Å². The third-order valence-electron chi connectivity index (χ3n) is 6.01. The molecule has 1 saturated carbocycles. The molecule has 5 nitrogen and oxygen atoms in total. The van der Waals surface area contributed by atoms with Gasteiger partial charge in [-0.3, -0.25) is 4.79 Å². The molecule has 2 aromatic heterocycles. The van der Waals surface area contributed by atoms with Crippen LogP contribution >= 0.6 is 11.3 Å². The van der Waals surface area contributed by atoms with Crippen LogP contribution in [0.2, 0.25) is 0 Å². The van der Waals surface area contributed by atoms with Gasteiger partial charge in [-0.25, -0.2) is 9.97 Å². The van der Waals surface area contributed by atoms with Crippen LogP contribution in [0.3, 0.4) is 0 Å². The summed E-state index contributed by atoms with van der Waals surface area (Å²) in [6.07, 6.45) is 6.76. The second-order valence-corrected chi connectivity index (χ2v) is 10.3. The SMILES string of the molecule is C=CCNc1ncnc2sc(C(=O)N3C[C@]4(C)C[C@H]3CC(C)(C)C4)c(C)c12. The molecule has 1 N–H and O–H groups in total. The van der Waals surface area contributed by atoms with Crippen molar-refractivity contribution in [2.24, 2.45) is 10.8 Å². The van der Waals surface area contributed by atoms with Gasteiger partial charge in [-0.15, -0.1) is 17.9 Å². The number of thiophene rings is 1. The molecule has 0 spiro atoms. The average Bonchev–Trinajstić information content (AvgIpc) is 3.05. The minimum atomic E-state index is 0.164. The molecule has 2 fully saturated rings. The van der Waals surface area contributed by atoms with Gasteiger partial charge in [0.25, 0.3) is 5.91 Å². The first-order chi connectivity index (χ1) is 12.7. The zero-order chi connectivity index (χ0) is 19.4. The van der Waals surface area contributed by atoms with E-state index in [1.54, 1.807) is 12.4 Å². The smallest absolute Gasteiger partial charge is 0.264 e. The number of carbonyl (C=O) groups is 1. The molecule has 27 heavy (non-hydrogen) atoms. The summed E-state index contributed by atoms with van der Waals surface area (Å²) < 4.78 is 0. The van der Waals surface area contributed by atoms with E-state index >= 15 is 0 Å². The van der Waals surface area contributed by atoms with Crippen molar-refractivity contribution in [1.82, 2.24) is 14.9 Å². The Bertz CT molecular complexity index is 918. The molecule has 2 bridgehead atoms. The van der Waals surface area contributed by atoms with Gasteiger partial charge in [0.2, 0.25) is 0 Å². The van der Waals surface area contributed by atoms with Crippen LogP contribution in [0.4, 0.5) is 5.82 Å². The van der Waals surface area contributed by atoms with Gasteiger partial charge in [0, 0.05) is 19.1 Å². The predicted molar refractivity (Wildman–Crippen MR) is 111 cm³/mol. The Labute approximate surface area is 164 Å². The van der Waals surface area contributed by atoms with E-state index < -0.39 is 0 Å². The van der Waals surface area contributed by atoms with E-state index in [2.05, 4.69) is 47.5 Å². The summed E-state index contributed by atoms with van der Waals surface area (Å²) in [5, 5.41) is 4.23. The maximum atomic E-state index is 13.5. The van der Waals surface area contributed by atoms with E-state index in [0.29, 0.717) is 18.0 Å². The molecule has 3 heterocycles. The molecule has 4 rings (SSSR count). The number of hydrogen-bond donors (Lipinski definition) is 1. The van der Waals surface area contributed by atoms with E-state index in [1.807, 2.05) is 6.92 Å². The van der Waals surface area contributed by atoms with Gasteiger partial charge in [-0.1, -0.05) is 26.8 Å². The number of nitrogens with zero attached hydrogens (tertiary/aromatic N) is 3. The first-order valence-electron chi connectivity index (χ1n) is 9.63. The van der Waals surface area contributed by atoms with Gasteiger partial charge < -0.3 is 10.2 Å². The Morgan fingerprint density at radius 2 is 2.19 bits per heavy atom. The highest BCUT2D eigenvalue weighted by molar-refractivity contribution is 7.20. The van der Waals surface area contributed by atoms with Crippen molar-refractivity contribution in [1.29, 1.82) is 0 Å². The summed E-state index contributed by atoms with van der Waals surface area (Å²) in [7, 11) is 0. The highest BCUT2D eigenvalue weighted by Gasteiger charge is 2.51. The number of fused-ring (bicyclic) bond motifs is 3. The lowest BCUT2D eigenvalue weighted by atomic mass is 9.65. The molecule has 2 aliphatic rings. The summed E-state index contributed by atoms with van der Waals surface area (Å²) in [6.45, 7) is 14.3. The minimum Gasteiger partial charge on any atom is -0.366 e. The van der Waals surface area contributed by atoms with Crippen LogP contribution in [0, 0.1) is 17.8 Å². The van der Waals surface area contributed by atoms with E-state index in [1.165, 1.54) is 17.8 Å². The lowest BCUT2D eigenvalue weighted by molar-refractivity contribution is 0.0712. The fraction of sp³-hybridized carbons (Fsp3) is 0.571. The highest BCUT2D eigenvalue weighted by Crippen LogP contribution is 2.53. The van der Waals surface area contributed by atoms with Crippen molar-refractivity contribution in [2.45, 2.75) is 53.0 Å². The third kappa shape index (κ3) is 3.14. The van der Waals surface area contributed by atoms with Crippen molar-refractivity contribution in [3.63, 3.8) is 0 Å². The zero-order valence-electron chi connectivity index (χ0n) is 16.6. The first-order valence-corrected chi connectivity index (χ1v) is 10.4. The largest absolute Gasteiger partial charge is 0.366 e. The average molecular weight is 385 g/mol. The first kappa shape index (κ1) is 18.4.